The number of halogens is 1. The summed E-state index contributed by atoms with van der Waals surface area (Å²) in [6, 6.07) is 14.2. The van der Waals surface area contributed by atoms with E-state index in [4.69, 9.17) is 5.73 Å². The van der Waals surface area contributed by atoms with Gasteiger partial charge >= 0.3 is 0 Å². The molecule has 0 aliphatic carbocycles. The lowest BCUT2D eigenvalue weighted by Crippen LogP contribution is -1.93. The molecule has 2 aromatic rings. The molecule has 0 fully saturated rings. The van der Waals surface area contributed by atoms with E-state index in [2.05, 4.69) is 58.2 Å². The van der Waals surface area contributed by atoms with Crippen molar-refractivity contribution in [3.05, 3.63) is 51.6 Å². The minimum Gasteiger partial charge on any atom is -0.399 e. The molecule has 2 nitrogen and oxygen atoms in total. The quantitative estimate of drug-likeness (QED) is 0.649. The maximum Gasteiger partial charge on any atom is 0.0407 e. The standard InChI is InChI=1S/C13H13IN2/c1-9-6-11(15)8-13(7-9)16-12-4-2-10(14)3-5-12/h2-8,16H,15H2,1H3. The van der Waals surface area contributed by atoms with Gasteiger partial charge in [-0.25, -0.2) is 0 Å². The summed E-state index contributed by atoms with van der Waals surface area (Å²) in [4.78, 5) is 0. The van der Waals surface area contributed by atoms with Crippen molar-refractivity contribution < 1.29 is 0 Å². The lowest BCUT2D eigenvalue weighted by Gasteiger charge is -2.08. The average molecular weight is 324 g/mol. The van der Waals surface area contributed by atoms with Crippen LogP contribution in [0.15, 0.2) is 42.5 Å². The topological polar surface area (TPSA) is 38.0 Å². The van der Waals surface area contributed by atoms with Crippen LogP contribution < -0.4 is 11.1 Å². The molecule has 0 aliphatic heterocycles. The van der Waals surface area contributed by atoms with E-state index in [0.717, 1.165) is 22.6 Å². The maximum atomic E-state index is 5.80. The summed E-state index contributed by atoms with van der Waals surface area (Å²) in [6.45, 7) is 2.04. The molecule has 0 aliphatic rings. The molecule has 3 N–H and O–H groups in total. The van der Waals surface area contributed by atoms with Crippen molar-refractivity contribution in [2.75, 3.05) is 11.1 Å². The summed E-state index contributed by atoms with van der Waals surface area (Å²) in [7, 11) is 0. The highest BCUT2D eigenvalue weighted by Crippen LogP contribution is 2.21. The van der Waals surface area contributed by atoms with Crippen LogP contribution in [0.1, 0.15) is 5.56 Å². The summed E-state index contributed by atoms with van der Waals surface area (Å²) in [6.07, 6.45) is 0. The van der Waals surface area contributed by atoms with Crippen LogP contribution in [0.3, 0.4) is 0 Å². The van der Waals surface area contributed by atoms with E-state index in [-0.39, 0.29) is 0 Å². The summed E-state index contributed by atoms with van der Waals surface area (Å²) in [5.41, 5.74) is 9.84. The van der Waals surface area contributed by atoms with Gasteiger partial charge < -0.3 is 11.1 Å². The molecule has 0 unspecified atom stereocenters. The first-order valence-electron chi connectivity index (χ1n) is 5.03. The second-order valence-corrected chi connectivity index (χ2v) is 5.01. The lowest BCUT2D eigenvalue weighted by atomic mass is 10.2. The van der Waals surface area contributed by atoms with Crippen molar-refractivity contribution in [2.45, 2.75) is 6.92 Å². The maximum absolute atomic E-state index is 5.80. The van der Waals surface area contributed by atoms with Crippen LogP contribution in [0.2, 0.25) is 0 Å². The number of nitrogens with one attached hydrogen (secondary N) is 1. The number of nitrogens with two attached hydrogens (primary N) is 1. The van der Waals surface area contributed by atoms with E-state index in [0.29, 0.717) is 0 Å². The Balaban J connectivity index is 2.23. The van der Waals surface area contributed by atoms with Gasteiger partial charge in [-0.3, -0.25) is 0 Å². The van der Waals surface area contributed by atoms with E-state index >= 15 is 0 Å². The minimum atomic E-state index is 0.785. The molecule has 0 radical (unpaired) electrons. The minimum absolute atomic E-state index is 0.785. The molecule has 0 spiro atoms. The molecule has 0 bridgehead atoms. The predicted molar refractivity (Wildman–Crippen MR) is 78.0 cm³/mol. The Bertz CT molecular complexity index is 472. The van der Waals surface area contributed by atoms with E-state index in [1.54, 1.807) is 0 Å². The number of hydrogen-bond acceptors (Lipinski definition) is 2. The zero-order valence-electron chi connectivity index (χ0n) is 9.00. The zero-order chi connectivity index (χ0) is 11.5. The smallest absolute Gasteiger partial charge is 0.0407 e. The highest BCUT2D eigenvalue weighted by Gasteiger charge is 1.97. The highest BCUT2D eigenvalue weighted by molar-refractivity contribution is 14.1. The number of hydrogen-bond donors (Lipinski definition) is 2. The first-order chi connectivity index (χ1) is 7.63. The molecular weight excluding hydrogens is 311 g/mol. The van der Waals surface area contributed by atoms with Crippen LogP contribution >= 0.6 is 22.6 Å². The van der Waals surface area contributed by atoms with Gasteiger partial charge in [0, 0.05) is 20.6 Å². The predicted octanol–water partition coefficient (Wildman–Crippen LogP) is 3.93. The lowest BCUT2D eigenvalue weighted by molar-refractivity contribution is 1.45. The monoisotopic (exact) mass is 324 g/mol. The summed E-state index contributed by atoms with van der Waals surface area (Å²) in [5, 5.41) is 3.33. The van der Waals surface area contributed by atoms with Crippen molar-refractivity contribution in [1.29, 1.82) is 0 Å². The SMILES string of the molecule is Cc1cc(N)cc(Nc2ccc(I)cc2)c1. The summed E-state index contributed by atoms with van der Waals surface area (Å²) < 4.78 is 1.23. The van der Waals surface area contributed by atoms with E-state index in [1.807, 2.05) is 19.1 Å². The number of nitrogen functional groups attached to an aromatic ring is 1. The van der Waals surface area contributed by atoms with Gasteiger partial charge in [-0.05, 0) is 77.5 Å². The molecule has 0 saturated carbocycles. The zero-order valence-corrected chi connectivity index (χ0v) is 11.2. The third-order valence-electron chi connectivity index (χ3n) is 2.23. The van der Waals surface area contributed by atoms with Gasteiger partial charge in [0.2, 0.25) is 0 Å². The Hall–Kier alpha value is -1.23. The molecule has 0 heterocycles. The van der Waals surface area contributed by atoms with Crippen molar-refractivity contribution in [2.24, 2.45) is 0 Å². The Morgan fingerprint density at radius 2 is 1.69 bits per heavy atom. The van der Waals surface area contributed by atoms with Crippen LogP contribution in [-0.2, 0) is 0 Å². The Morgan fingerprint density at radius 3 is 2.31 bits per heavy atom. The number of aryl methyl sites for hydroxylation is 1. The summed E-state index contributed by atoms with van der Waals surface area (Å²) >= 11 is 2.29. The molecular formula is C13H13IN2. The Labute approximate surface area is 109 Å². The molecule has 82 valence electrons. The van der Waals surface area contributed by atoms with Gasteiger partial charge in [-0.1, -0.05) is 0 Å². The third-order valence-corrected chi connectivity index (χ3v) is 2.95. The van der Waals surface area contributed by atoms with Crippen LogP contribution in [0.5, 0.6) is 0 Å². The molecule has 0 aromatic heterocycles. The van der Waals surface area contributed by atoms with Crippen molar-refractivity contribution in [3.8, 4) is 0 Å². The molecule has 0 amide bonds. The van der Waals surface area contributed by atoms with Crippen molar-refractivity contribution >= 4 is 39.7 Å². The Morgan fingerprint density at radius 1 is 1.00 bits per heavy atom. The van der Waals surface area contributed by atoms with Gasteiger partial charge in [-0.15, -0.1) is 0 Å². The molecule has 2 rings (SSSR count). The fourth-order valence-electron chi connectivity index (χ4n) is 1.58. The first kappa shape index (κ1) is 11.3. The molecule has 16 heavy (non-hydrogen) atoms. The second kappa shape index (κ2) is 4.74. The van der Waals surface area contributed by atoms with Gasteiger partial charge in [0.1, 0.15) is 0 Å². The summed E-state index contributed by atoms with van der Waals surface area (Å²) in [5.74, 6) is 0. The largest absolute Gasteiger partial charge is 0.399 e. The first-order valence-corrected chi connectivity index (χ1v) is 6.11. The Kier molecular flexibility index (Phi) is 3.33. The van der Waals surface area contributed by atoms with Crippen molar-refractivity contribution in [3.63, 3.8) is 0 Å². The van der Waals surface area contributed by atoms with Gasteiger partial charge in [0.15, 0.2) is 0 Å². The molecule has 3 heteroatoms. The van der Waals surface area contributed by atoms with E-state index in [1.165, 1.54) is 3.57 Å². The molecule has 2 aromatic carbocycles. The third kappa shape index (κ3) is 2.88. The molecule has 0 atom stereocenters. The number of rotatable bonds is 2. The second-order valence-electron chi connectivity index (χ2n) is 3.76. The number of anilines is 3. The number of benzene rings is 2. The van der Waals surface area contributed by atoms with Crippen molar-refractivity contribution in [1.82, 2.24) is 0 Å². The van der Waals surface area contributed by atoms with Crippen LogP contribution in [0.4, 0.5) is 17.1 Å². The van der Waals surface area contributed by atoms with Crippen LogP contribution in [0.25, 0.3) is 0 Å². The fraction of sp³-hybridized carbons (Fsp3) is 0.0769. The normalized spacial score (nSPS) is 10.1. The average Bonchev–Trinajstić information content (AvgIpc) is 2.20. The van der Waals surface area contributed by atoms with Gasteiger partial charge in [0.05, 0.1) is 0 Å². The van der Waals surface area contributed by atoms with E-state index in [9.17, 15) is 0 Å². The van der Waals surface area contributed by atoms with Gasteiger partial charge in [0.25, 0.3) is 0 Å². The fourth-order valence-corrected chi connectivity index (χ4v) is 1.94. The van der Waals surface area contributed by atoms with Crippen LogP contribution in [-0.4, -0.2) is 0 Å². The van der Waals surface area contributed by atoms with Crippen LogP contribution in [0, 0.1) is 10.5 Å². The van der Waals surface area contributed by atoms with Gasteiger partial charge in [-0.2, -0.15) is 0 Å². The highest BCUT2D eigenvalue weighted by atomic mass is 127. The van der Waals surface area contributed by atoms with E-state index < -0.39 is 0 Å². The molecule has 0 saturated heterocycles.